The lowest BCUT2D eigenvalue weighted by Crippen LogP contribution is -2.07. The number of hydrogen-bond donors (Lipinski definition) is 3. The Labute approximate surface area is 128 Å². The van der Waals surface area contributed by atoms with Crippen LogP contribution in [0.1, 0.15) is 0 Å². The summed E-state index contributed by atoms with van der Waals surface area (Å²) in [7, 11) is 0. The highest BCUT2D eigenvalue weighted by Gasteiger charge is 1.91. The van der Waals surface area contributed by atoms with Gasteiger partial charge in [0.15, 0.2) is 0 Å². The molecule has 0 unspecified atom stereocenters. The summed E-state index contributed by atoms with van der Waals surface area (Å²) in [5.41, 5.74) is 9.93. The van der Waals surface area contributed by atoms with E-state index in [1.165, 1.54) is 0 Å². The maximum absolute atomic E-state index is 5.51. The van der Waals surface area contributed by atoms with Gasteiger partial charge in [-0.2, -0.15) is 0 Å². The first-order chi connectivity index (χ1) is 8.15. The lowest BCUT2D eigenvalue weighted by Gasteiger charge is -1.99. The largest absolute Gasteiger partial charge is 0.398 e. The molecule has 0 aromatic heterocycles. The van der Waals surface area contributed by atoms with Crippen LogP contribution in [0, 0.1) is 7.14 Å². The van der Waals surface area contributed by atoms with Crippen LogP contribution in [-0.4, -0.2) is 0 Å². The lowest BCUT2D eigenvalue weighted by atomic mass is 10.3. The number of halogens is 2. The van der Waals surface area contributed by atoms with E-state index < -0.39 is 0 Å². The average Bonchev–Trinajstić information content (AvgIpc) is 2.34. The Morgan fingerprint density at radius 3 is 1.71 bits per heavy atom. The third kappa shape index (κ3) is 5.09. The molecular formula is C12H13I2N3. The number of nitrogens with one attached hydrogen (secondary N) is 1. The second-order valence-electron chi connectivity index (χ2n) is 3.15. The van der Waals surface area contributed by atoms with Crippen molar-refractivity contribution in [1.29, 1.82) is 0 Å². The number of rotatable bonds is 1. The molecule has 0 heterocycles. The normalized spacial score (nSPS) is 9.12. The molecule has 2 aromatic carbocycles. The van der Waals surface area contributed by atoms with Gasteiger partial charge in [-0.1, -0.05) is 24.3 Å². The van der Waals surface area contributed by atoms with Gasteiger partial charge >= 0.3 is 0 Å². The fourth-order valence-electron chi connectivity index (χ4n) is 1.05. The Kier molecular flexibility index (Phi) is 6.60. The summed E-state index contributed by atoms with van der Waals surface area (Å²) in [6, 6.07) is 15.6. The van der Waals surface area contributed by atoms with Gasteiger partial charge in [-0.15, -0.1) is 0 Å². The molecule has 0 saturated carbocycles. The standard InChI is InChI=1S/C6H7IN2.C6H6IN/c7-5-3-1-2-4-6(5)9-8;7-5-3-1-2-4-6(5)8/h1-4,9H,8H2;1-4H,8H2. The van der Waals surface area contributed by atoms with Crippen molar-refractivity contribution in [2.75, 3.05) is 11.2 Å². The number of nitrogen functional groups attached to an aromatic ring is 2. The molecule has 2 rings (SSSR count). The van der Waals surface area contributed by atoms with Crippen LogP contribution >= 0.6 is 45.2 Å². The number of benzene rings is 2. The fraction of sp³-hybridized carbons (Fsp3) is 0. The summed E-state index contributed by atoms with van der Waals surface area (Å²) in [4.78, 5) is 0. The smallest absolute Gasteiger partial charge is 0.0618 e. The summed E-state index contributed by atoms with van der Waals surface area (Å²) in [6.45, 7) is 0. The highest BCUT2D eigenvalue weighted by Crippen LogP contribution is 2.14. The van der Waals surface area contributed by atoms with E-state index in [4.69, 9.17) is 11.6 Å². The molecular weight excluding hydrogens is 440 g/mol. The van der Waals surface area contributed by atoms with E-state index in [0.29, 0.717) is 0 Å². The first kappa shape index (κ1) is 14.5. The van der Waals surface area contributed by atoms with E-state index in [2.05, 4.69) is 50.6 Å². The van der Waals surface area contributed by atoms with Gasteiger partial charge < -0.3 is 11.2 Å². The predicted octanol–water partition coefficient (Wildman–Crippen LogP) is 3.45. The zero-order valence-corrected chi connectivity index (χ0v) is 13.3. The lowest BCUT2D eigenvalue weighted by molar-refractivity contribution is 1.34. The molecule has 0 aliphatic carbocycles. The molecule has 0 aliphatic heterocycles. The van der Waals surface area contributed by atoms with Gasteiger partial charge in [-0.25, -0.2) is 0 Å². The summed E-state index contributed by atoms with van der Waals surface area (Å²) in [6.07, 6.45) is 0. The second kappa shape index (κ2) is 7.72. The molecule has 0 saturated heterocycles. The molecule has 90 valence electrons. The van der Waals surface area contributed by atoms with E-state index in [1.807, 2.05) is 48.5 Å². The van der Waals surface area contributed by atoms with Crippen molar-refractivity contribution in [3.63, 3.8) is 0 Å². The summed E-state index contributed by atoms with van der Waals surface area (Å²) in [5, 5.41) is 0. The van der Waals surface area contributed by atoms with Crippen molar-refractivity contribution in [3.05, 3.63) is 55.7 Å². The molecule has 0 fully saturated rings. The Hall–Kier alpha value is -0.540. The molecule has 0 bridgehead atoms. The van der Waals surface area contributed by atoms with Crippen molar-refractivity contribution in [3.8, 4) is 0 Å². The monoisotopic (exact) mass is 453 g/mol. The predicted molar refractivity (Wildman–Crippen MR) is 90.5 cm³/mol. The zero-order chi connectivity index (χ0) is 12.7. The molecule has 0 spiro atoms. The van der Waals surface area contributed by atoms with Gasteiger partial charge in [0, 0.05) is 12.8 Å². The van der Waals surface area contributed by atoms with Crippen molar-refractivity contribution in [2.45, 2.75) is 0 Å². The van der Waals surface area contributed by atoms with Gasteiger partial charge in [0.1, 0.15) is 0 Å². The minimum atomic E-state index is 0.855. The number of anilines is 2. The van der Waals surface area contributed by atoms with Crippen molar-refractivity contribution in [1.82, 2.24) is 0 Å². The van der Waals surface area contributed by atoms with Crippen molar-refractivity contribution in [2.24, 2.45) is 5.84 Å². The first-order valence-electron chi connectivity index (χ1n) is 4.86. The third-order valence-corrected chi connectivity index (χ3v) is 3.86. The van der Waals surface area contributed by atoms with Gasteiger partial charge in [0.25, 0.3) is 0 Å². The van der Waals surface area contributed by atoms with E-state index in [-0.39, 0.29) is 0 Å². The quantitative estimate of drug-likeness (QED) is 0.269. The first-order valence-corrected chi connectivity index (χ1v) is 7.02. The SMILES string of the molecule is NNc1ccccc1I.Nc1ccccc1I. The molecule has 17 heavy (non-hydrogen) atoms. The van der Waals surface area contributed by atoms with Crippen molar-refractivity contribution < 1.29 is 0 Å². The molecule has 0 amide bonds. The second-order valence-corrected chi connectivity index (χ2v) is 5.47. The minimum Gasteiger partial charge on any atom is -0.398 e. The topological polar surface area (TPSA) is 64.1 Å². The van der Waals surface area contributed by atoms with Gasteiger partial charge in [-0.05, 0) is 69.4 Å². The van der Waals surface area contributed by atoms with Crippen LogP contribution in [0.25, 0.3) is 0 Å². The van der Waals surface area contributed by atoms with Crippen LogP contribution in [0.2, 0.25) is 0 Å². The molecule has 0 atom stereocenters. The molecule has 0 aliphatic rings. The van der Waals surface area contributed by atoms with E-state index in [0.717, 1.165) is 18.5 Å². The molecule has 2 aromatic rings. The van der Waals surface area contributed by atoms with Crippen LogP contribution in [-0.2, 0) is 0 Å². The fourth-order valence-corrected chi connectivity index (χ4v) is 1.98. The van der Waals surface area contributed by atoms with Crippen LogP contribution in [0.5, 0.6) is 0 Å². The average molecular weight is 453 g/mol. The Balaban J connectivity index is 0.000000171. The van der Waals surface area contributed by atoms with Crippen molar-refractivity contribution >= 4 is 56.6 Å². The molecule has 5 N–H and O–H groups in total. The summed E-state index contributed by atoms with van der Waals surface area (Å²) < 4.78 is 2.25. The van der Waals surface area contributed by atoms with E-state index >= 15 is 0 Å². The third-order valence-electron chi connectivity index (χ3n) is 1.93. The molecule has 3 nitrogen and oxygen atoms in total. The summed E-state index contributed by atoms with van der Waals surface area (Å²) >= 11 is 4.42. The summed E-state index contributed by atoms with van der Waals surface area (Å²) in [5.74, 6) is 5.20. The van der Waals surface area contributed by atoms with Gasteiger partial charge in [-0.3, -0.25) is 5.84 Å². The highest BCUT2D eigenvalue weighted by molar-refractivity contribution is 14.1. The Morgan fingerprint density at radius 2 is 1.35 bits per heavy atom. The number of para-hydroxylation sites is 2. The minimum absolute atomic E-state index is 0.855. The Bertz CT molecular complexity index is 454. The number of nitrogens with two attached hydrogens (primary N) is 2. The highest BCUT2D eigenvalue weighted by atomic mass is 127. The van der Waals surface area contributed by atoms with E-state index in [1.54, 1.807) is 0 Å². The van der Waals surface area contributed by atoms with Gasteiger partial charge in [0.2, 0.25) is 0 Å². The molecule has 0 radical (unpaired) electrons. The molecule has 5 heteroatoms. The number of hydrogen-bond acceptors (Lipinski definition) is 3. The van der Waals surface area contributed by atoms with Crippen LogP contribution in [0.4, 0.5) is 11.4 Å². The maximum atomic E-state index is 5.51. The van der Waals surface area contributed by atoms with Crippen LogP contribution in [0.15, 0.2) is 48.5 Å². The number of hydrazine groups is 1. The zero-order valence-electron chi connectivity index (χ0n) is 9.03. The van der Waals surface area contributed by atoms with E-state index in [9.17, 15) is 0 Å². The van der Waals surface area contributed by atoms with Crippen LogP contribution in [0.3, 0.4) is 0 Å². The van der Waals surface area contributed by atoms with Gasteiger partial charge in [0.05, 0.1) is 5.69 Å². The van der Waals surface area contributed by atoms with Crippen LogP contribution < -0.4 is 17.0 Å². The Morgan fingerprint density at radius 1 is 0.824 bits per heavy atom. The maximum Gasteiger partial charge on any atom is 0.0618 e.